The summed E-state index contributed by atoms with van der Waals surface area (Å²) in [5, 5.41) is 20.0. The first kappa shape index (κ1) is 15.4. The van der Waals surface area contributed by atoms with Crippen LogP contribution in [0.2, 0.25) is 0 Å². The summed E-state index contributed by atoms with van der Waals surface area (Å²) in [5.74, 6) is 1.01. The lowest BCUT2D eigenvalue weighted by molar-refractivity contribution is -0.384. The van der Waals surface area contributed by atoms with E-state index in [1.807, 2.05) is 11.6 Å². The topological polar surface area (TPSA) is 94.9 Å². The van der Waals surface area contributed by atoms with Gasteiger partial charge in [-0.1, -0.05) is 6.92 Å². The monoisotopic (exact) mass is 319 g/mol. The van der Waals surface area contributed by atoms with Crippen molar-refractivity contribution in [3.05, 3.63) is 28.5 Å². The number of hydrogen-bond acceptors (Lipinski definition) is 6. The van der Waals surface area contributed by atoms with E-state index in [9.17, 15) is 10.1 Å². The van der Waals surface area contributed by atoms with Gasteiger partial charge in [-0.05, 0) is 25.2 Å². The molecule has 0 amide bonds. The lowest BCUT2D eigenvalue weighted by Gasteiger charge is -2.33. The van der Waals surface area contributed by atoms with Crippen molar-refractivity contribution in [1.82, 2.24) is 24.5 Å². The normalized spacial score (nSPS) is 18.3. The zero-order chi connectivity index (χ0) is 16.4. The molecule has 1 unspecified atom stereocenters. The van der Waals surface area contributed by atoms with Crippen LogP contribution in [0.3, 0.4) is 0 Å². The van der Waals surface area contributed by atoms with Gasteiger partial charge in [0.15, 0.2) is 0 Å². The third-order valence-corrected chi connectivity index (χ3v) is 4.31. The van der Waals surface area contributed by atoms with Crippen LogP contribution < -0.4 is 4.90 Å². The molecule has 23 heavy (non-hydrogen) atoms. The number of anilines is 1. The minimum Gasteiger partial charge on any atom is -0.351 e. The Morgan fingerprint density at radius 3 is 2.96 bits per heavy atom. The van der Waals surface area contributed by atoms with Gasteiger partial charge in [0.2, 0.25) is 5.82 Å². The minimum atomic E-state index is -0.303. The maximum atomic E-state index is 11.5. The van der Waals surface area contributed by atoms with E-state index in [2.05, 4.69) is 20.1 Å². The molecule has 9 heteroatoms. The Kier molecular flexibility index (Phi) is 4.26. The molecule has 1 aliphatic heterocycles. The first-order chi connectivity index (χ1) is 11.1. The largest absolute Gasteiger partial charge is 0.351 e. The van der Waals surface area contributed by atoms with Crippen molar-refractivity contribution in [2.75, 3.05) is 18.0 Å². The van der Waals surface area contributed by atoms with E-state index in [-0.39, 0.29) is 10.6 Å². The molecule has 1 aliphatic rings. The molecule has 3 heterocycles. The summed E-state index contributed by atoms with van der Waals surface area (Å²) in [5.41, 5.74) is 0.697. The molecule has 2 aromatic rings. The van der Waals surface area contributed by atoms with E-state index < -0.39 is 0 Å². The molecule has 1 fully saturated rings. The number of nitrogens with zero attached hydrogens (tertiary/aromatic N) is 7. The third-order valence-electron chi connectivity index (χ3n) is 4.31. The van der Waals surface area contributed by atoms with Crippen LogP contribution in [0.4, 0.5) is 11.5 Å². The maximum absolute atomic E-state index is 11.5. The van der Waals surface area contributed by atoms with Gasteiger partial charge in [-0.3, -0.25) is 14.8 Å². The summed E-state index contributed by atoms with van der Waals surface area (Å²) >= 11 is 0. The molecule has 0 saturated carbocycles. The Hall–Kier alpha value is -2.45. The molecule has 0 radical (unpaired) electrons. The van der Waals surface area contributed by atoms with Gasteiger partial charge >= 0.3 is 5.69 Å². The average molecular weight is 319 g/mol. The van der Waals surface area contributed by atoms with Crippen LogP contribution >= 0.6 is 0 Å². The standard InChI is InChI=1S/C14H21N7O2/c1-3-12-13(21(22)23)14(18(2)17-12)19-6-4-5-11(7-19)8-20-10-15-9-16-20/h9-11H,3-8H2,1-2H3. The number of aromatic nitrogens is 5. The number of aryl methyl sites for hydroxylation is 2. The van der Waals surface area contributed by atoms with Gasteiger partial charge < -0.3 is 4.90 Å². The van der Waals surface area contributed by atoms with Crippen molar-refractivity contribution in [3.63, 3.8) is 0 Å². The number of hydrogen-bond donors (Lipinski definition) is 0. The van der Waals surface area contributed by atoms with Gasteiger partial charge in [0.25, 0.3) is 0 Å². The van der Waals surface area contributed by atoms with E-state index in [1.54, 1.807) is 18.1 Å². The molecular weight excluding hydrogens is 298 g/mol. The Balaban J connectivity index is 1.83. The Morgan fingerprint density at radius 2 is 2.30 bits per heavy atom. The van der Waals surface area contributed by atoms with Crippen molar-refractivity contribution in [3.8, 4) is 0 Å². The molecule has 1 saturated heterocycles. The van der Waals surface area contributed by atoms with Gasteiger partial charge in [0.1, 0.15) is 18.3 Å². The highest BCUT2D eigenvalue weighted by atomic mass is 16.6. The molecule has 0 aliphatic carbocycles. The summed E-state index contributed by atoms with van der Waals surface area (Å²) in [4.78, 5) is 17.3. The van der Waals surface area contributed by atoms with E-state index in [4.69, 9.17) is 0 Å². The predicted octanol–water partition coefficient (Wildman–Crippen LogP) is 1.40. The second-order valence-electron chi connectivity index (χ2n) is 5.92. The molecular formula is C14H21N7O2. The van der Waals surface area contributed by atoms with E-state index in [0.29, 0.717) is 23.9 Å². The first-order valence-corrected chi connectivity index (χ1v) is 7.87. The van der Waals surface area contributed by atoms with E-state index in [0.717, 1.165) is 32.5 Å². The highest BCUT2D eigenvalue weighted by Gasteiger charge is 2.32. The van der Waals surface area contributed by atoms with E-state index >= 15 is 0 Å². The summed E-state index contributed by atoms with van der Waals surface area (Å²) in [7, 11) is 1.78. The summed E-state index contributed by atoms with van der Waals surface area (Å²) < 4.78 is 3.47. The SMILES string of the molecule is CCc1nn(C)c(N2CCCC(Cn3cncn3)C2)c1[N+](=O)[O-]. The minimum absolute atomic E-state index is 0.149. The van der Waals surface area contributed by atoms with Gasteiger partial charge in [0.05, 0.1) is 4.92 Å². The summed E-state index contributed by atoms with van der Waals surface area (Å²) in [6.07, 6.45) is 5.88. The quantitative estimate of drug-likeness (QED) is 0.610. The zero-order valence-corrected chi connectivity index (χ0v) is 13.4. The highest BCUT2D eigenvalue weighted by molar-refractivity contribution is 5.61. The number of piperidine rings is 1. The van der Waals surface area contributed by atoms with Crippen LogP contribution in [0.1, 0.15) is 25.5 Å². The van der Waals surface area contributed by atoms with Crippen molar-refractivity contribution in [2.45, 2.75) is 32.7 Å². The molecule has 3 rings (SSSR count). The molecule has 1 atom stereocenters. The predicted molar refractivity (Wildman–Crippen MR) is 84.2 cm³/mol. The fourth-order valence-electron chi connectivity index (χ4n) is 3.34. The molecule has 2 aromatic heterocycles. The van der Waals surface area contributed by atoms with Crippen molar-refractivity contribution in [2.24, 2.45) is 13.0 Å². The van der Waals surface area contributed by atoms with Gasteiger partial charge in [-0.25, -0.2) is 9.67 Å². The molecule has 0 aromatic carbocycles. The highest BCUT2D eigenvalue weighted by Crippen LogP contribution is 2.34. The lowest BCUT2D eigenvalue weighted by atomic mass is 9.98. The molecule has 124 valence electrons. The van der Waals surface area contributed by atoms with Gasteiger partial charge in [0, 0.05) is 26.7 Å². The fraction of sp³-hybridized carbons (Fsp3) is 0.643. The van der Waals surface area contributed by atoms with Crippen molar-refractivity contribution in [1.29, 1.82) is 0 Å². The van der Waals surface area contributed by atoms with Crippen LogP contribution in [-0.4, -0.2) is 42.6 Å². The molecule has 0 N–H and O–H groups in total. The Morgan fingerprint density at radius 1 is 1.48 bits per heavy atom. The van der Waals surface area contributed by atoms with Crippen molar-refractivity contribution < 1.29 is 4.92 Å². The first-order valence-electron chi connectivity index (χ1n) is 7.87. The van der Waals surface area contributed by atoms with E-state index in [1.165, 1.54) is 6.33 Å². The third kappa shape index (κ3) is 3.03. The zero-order valence-electron chi connectivity index (χ0n) is 13.4. The number of rotatable bonds is 5. The van der Waals surface area contributed by atoms with Crippen molar-refractivity contribution >= 4 is 11.5 Å². The van der Waals surface area contributed by atoms with Crippen LogP contribution in [0, 0.1) is 16.0 Å². The molecule has 0 spiro atoms. The summed E-state index contributed by atoms with van der Waals surface area (Å²) in [6.45, 7) is 4.26. The van der Waals surface area contributed by atoms with Gasteiger partial charge in [-0.15, -0.1) is 0 Å². The second-order valence-corrected chi connectivity index (χ2v) is 5.92. The summed E-state index contributed by atoms with van der Waals surface area (Å²) in [6, 6.07) is 0. The maximum Gasteiger partial charge on any atom is 0.334 e. The lowest BCUT2D eigenvalue weighted by Crippen LogP contribution is -2.38. The van der Waals surface area contributed by atoms with Crippen LogP contribution in [0.25, 0.3) is 0 Å². The fourth-order valence-corrected chi connectivity index (χ4v) is 3.34. The Bertz CT molecular complexity index is 680. The average Bonchev–Trinajstić information content (AvgIpc) is 3.14. The smallest absolute Gasteiger partial charge is 0.334 e. The van der Waals surface area contributed by atoms with Gasteiger partial charge in [-0.2, -0.15) is 10.2 Å². The number of nitro groups is 1. The van der Waals surface area contributed by atoms with Crippen LogP contribution in [0.15, 0.2) is 12.7 Å². The molecule has 9 nitrogen and oxygen atoms in total. The molecule has 0 bridgehead atoms. The Labute approximate surface area is 134 Å². The van der Waals surface area contributed by atoms with Crippen LogP contribution in [-0.2, 0) is 20.0 Å². The second kappa shape index (κ2) is 6.35. The van der Waals surface area contributed by atoms with Crippen LogP contribution in [0.5, 0.6) is 0 Å².